The molecule has 0 saturated heterocycles. The van der Waals surface area contributed by atoms with Gasteiger partial charge in [0.15, 0.2) is 2.82 Å². The number of hydrogen-bond donors (Lipinski definition) is 1. The summed E-state index contributed by atoms with van der Waals surface area (Å²) < 4.78 is 141. The molecule has 0 radical (unpaired) electrons. The molecule has 0 aromatic heterocycles. The molecule has 0 saturated carbocycles. The van der Waals surface area contributed by atoms with Crippen molar-refractivity contribution in [3.8, 4) is 0 Å². The Balaban J connectivity index is 4.23. The Morgan fingerprint density at radius 1 is 1.82 bits per heavy atom. The van der Waals surface area contributed by atoms with Gasteiger partial charge < -0.3 is 5.72 Å². The Labute approximate surface area is 127 Å². The molecule has 1 unspecified atom stereocenters. The summed E-state index contributed by atoms with van der Waals surface area (Å²) in [5, 5.41) is 11.7. The first-order valence-electron chi connectivity index (χ1n) is 13.3. The lowest BCUT2D eigenvalue weighted by Crippen LogP contribution is -2.02. The first kappa shape index (κ1) is 2.87. The molecule has 1 aromatic carbocycles. The van der Waals surface area contributed by atoms with Crippen LogP contribution in [0.2, 0.25) is 2.82 Å². The molecule has 2 N–H and O–H groups in total. The highest BCUT2D eigenvalue weighted by Crippen LogP contribution is 2.26. The zero-order valence-electron chi connectivity index (χ0n) is 26.4. The first-order valence-corrected chi connectivity index (χ1v) is 4.17. The summed E-state index contributed by atoms with van der Waals surface area (Å²) in [7, 11) is 0. The van der Waals surface area contributed by atoms with E-state index < -0.39 is 90.8 Å². The van der Waals surface area contributed by atoms with Crippen LogP contribution < -0.4 is 5.72 Å². The molecule has 0 spiro atoms. The third kappa shape index (κ3) is 3.73. The average Bonchev–Trinajstić information content (AvgIpc) is 2.68. The van der Waals surface area contributed by atoms with E-state index >= 15 is 0 Å². The molecule has 0 heterocycles. The minimum absolute atomic E-state index is 0.592. The van der Waals surface area contributed by atoms with Crippen LogP contribution in [0.25, 0.3) is 0 Å². The Morgan fingerprint density at radius 3 is 3.35 bits per heavy atom. The van der Waals surface area contributed by atoms with E-state index in [0.717, 1.165) is 0 Å². The molecule has 4 nitrogen and oxygen atoms in total. The number of benzene rings is 1. The summed E-state index contributed by atoms with van der Waals surface area (Å²) in [5.74, 6) is -3.86. The summed E-state index contributed by atoms with van der Waals surface area (Å²) >= 11 is 0. The number of hydrogen-bond acceptors (Lipinski definition) is 3. The predicted molar refractivity (Wildman–Crippen MR) is 69.9 cm³/mol. The van der Waals surface area contributed by atoms with Crippen LogP contribution in [0.5, 0.6) is 0 Å². The molecule has 0 fully saturated rings. The van der Waals surface area contributed by atoms with E-state index in [4.69, 9.17) is 24.8 Å². The van der Waals surface area contributed by atoms with E-state index in [1.165, 1.54) is 0 Å². The minimum Gasteiger partial charge on any atom is -0.398 e. The van der Waals surface area contributed by atoms with Crippen LogP contribution in [-0.2, 0) is 6.37 Å². The third-order valence-corrected chi connectivity index (χ3v) is 1.57. The largest absolute Gasteiger partial charge is 0.398 e. The molecule has 1 rings (SSSR count). The molecular formula is C13H20N2O2. The van der Waals surface area contributed by atoms with Crippen LogP contribution in [0.1, 0.15) is 60.4 Å². The number of nitro groups is 1. The average molecular weight is 254 g/mol. The van der Waals surface area contributed by atoms with Crippen molar-refractivity contribution in [1.29, 1.82) is 0 Å². The standard InChI is InChI=1S/C13H20N2O2/c1-3-10(2)6-4-7-11-12(14)8-5-9-13(11)15(16)17/h5,8-10H,3-4,6-7,14H2,1-2H3/i1D3,2D,3D2,4D2,5D,6D2,7D2,8D,9D,10D/hD2. The maximum atomic E-state index is 11.7. The Kier molecular flexibility index (Phi) is 1.05. The van der Waals surface area contributed by atoms with E-state index in [1.54, 1.807) is 0 Å². The fraction of sp³-hybridized carbons (Fsp3) is 0.538. The van der Waals surface area contributed by atoms with Crippen molar-refractivity contribution in [2.24, 2.45) is 5.89 Å². The lowest BCUT2D eigenvalue weighted by atomic mass is 9.98. The van der Waals surface area contributed by atoms with Crippen molar-refractivity contribution < 1.29 is 29.7 Å². The maximum Gasteiger partial charge on any atom is 0.274 e. The molecule has 94 valence electrons. The first-order chi connectivity index (χ1) is 15.3. The van der Waals surface area contributed by atoms with Gasteiger partial charge in [0.05, 0.1) is 14.6 Å². The van der Waals surface area contributed by atoms with Crippen molar-refractivity contribution in [1.82, 2.24) is 0 Å². The van der Waals surface area contributed by atoms with Crippen LogP contribution in [0, 0.1) is 16.0 Å². The summed E-state index contributed by atoms with van der Waals surface area (Å²) in [4.78, 5) is 10.2. The lowest BCUT2D eigenvalue weighted by molar-refractivity contribution is -0.385. The van der Waals surface area contributed by atoms with Crippen molar-refractivity contribution in [3.63, 3.8) is 0 Å². The van der Waals surface area contributed by atoms with Crippen LogP contribution in [0.15, 0.2) is 18.1 Å². The number of nitrogen functional groups attached to an aromatic ring is 1. The maximum absolute atomic E-state index is 11.7. The lowest BCUT2D eigenvalue weighted by Gasteiger charge is -2.09. The second kappa shape index (κ2) is 6.23. The van der Waals surface area contributed by atoms with Gasteiger partial charge in [0.2, 0.25) is 0 Å². The second-order valence-electron chi connectivity index (χ2n) is 2.68. The highest BCUT2D eigenvalue weighted by atomic mass is 16.6. The Morgan fingerprint density at radius 2 is 2.71 bits per heavy atom. The van der Waals surface area contributed by atoms with E-state index in [9.17, 15) is 10.1 Å². The number of nitrogens with two attached hydrogens (primary N) is 1. The zero-order chi connectivity index (χ0) is 28.3. The van der Waals surface area contributed by atoms with E-state index in [0.29, 0.717) is 0 Å². The van der Waals surface area contributed by atoms with Gasteiger partial charge in [-0.2, -0.15) is 0 Å². The van der Waals surface area contributed by atoms with Gasteiger partial charge in [-0.3, -0.25) is 10.1 Å². The fourth-order valence-electron chi connectivity index (χ4n) is 0.843. The molecule has 4 heteroatoms. The van der Waals surface area contributed by atoms with E-state index in [-0.39, 0.29) is 0 Å². The topological polar surface area (TPSA) is 69.2 Å². The van der Waals surface area contributed by atoms with Gasteiger partial charge in [-0.25, -0.2) is 0 Å². The van der Waals surface area contributed by atoms with Crippen LogP contribution in [0.4, 0.5) is 11.4 Å². The number of rotatable bonds is 7. The Bertz CT molecular complexity index is 1010. The molecule has 0 bridgehead atoms. The molecule has 17 heavy (non-hydrogen) atoms. The van der Waals surface area contributed by atoms with Gasteiger partial charge in [0, 0.05) is 29.5 Å². The van der Waals surface area contributed by atoms with Crippen LogP contribution in [0.3, 0.4) is 0 Å². The monoisotopic (exact) mass is 254 g/mol. The second-order valence-corrected chi connectivity index (χ2v) is 2.68. The SMILES string of the molecule is [2H]CC([2H])(C([2H])([2H])C([2H])([2H])[2H])C([2H])([2H])C([2H])([2H])C([2H])([2H])c1c(N([2H])[2H])c([2H])c([2H])c([2H])c1[N+](=O)[O-]. The van der Waals surface area contributed by atoms with Crippen molar-refractivity contribution in [2.75, 3.05) is 5.72 Å². The van der Waals surface area contributed by atoms with Gasteiger partial charge >= 0.3 is 0 Å². The van der Waals surface area contributed by atoms with E-state index in [2.05, 4.69) is 0 Å². The quantitative estimate of drug-likeness (QED) is 0.459. The van der Waals surface area contributed by atoms with Crippen LogP contribution >= 0.6 is 0 Å². The molecule has 0 aliphatic rings. The normalized spacial score (nSPS) is 33.4. The third-order valence-electron chi connectivity index (χ3n) is 1.57. The summed E-state index contributed by atoms with van der Waals surface area (Å²) in [6, 6.07) is -3.97. The van der Waals surface area contributed by atoms with E-state index in [1.807, 2.05) is 0 Å². The summed E-state index contributed by atoms with van der Waals surface area (Å²) in [6.07, 6.45) is -16.7. The molecule has 0 amide bonds. The fourth-order valence-corrected chi connectivity index (χ4v) is 0.843. The zero-order valence-corrected chi connectivity index (χ0v) is 8.42. The minimum atomic E-state index is -4.32. The highest BCUT2D eigenvalue weighted by Gasteiger charge is 2.15. The molecule has 1 aromatic rings. The van der Waals surface area contributed by atoms with Crippen molar-refractivity contribution >= 4 is 11.4 Å². The smallest absolute Gasteiger partial charge is 0.274 e. The van der Waals surface area contributed by atoms with Gasteiger partial charge in [0.25, 0.3) is 5.69 Å². The highest BCUT2D eigenvalue weighted by molar-refractivity contribution is 5.57. The van der Waals surface area contributed by atoms with Gasteiger partial charge in [-0.05, 0) is 24.7 Å². The van der Waals surface area contributed by atoms with Gasteiger partial charge in [-0.1, -0.05) is 32.5 Å². The molecule has 0 aliphatic carbocycles. The number of nitro benzene ring substituents is 1. The van der Waals surface area contributed by atoms with Crippen molar-refractivity contribution in [3.05, 3.63) is 33.8 Å². The summed E-state index contributed by atoms with van der Waals surface area (Å²) in [6.45, 7) is -5.56. The predicted octanol–water partition coefficient (Wildman–Crippen LogP) is 3.55. The number of anilines is 1. The molecular weight excluding hydrogens is 216 g/mol. The number of nitrogens with zero attached hydrogens (tertiary/aromatic N) is 1. The van der Waals surface area contributed by atoms with Gasteiger partial charge in [-0.15, -0.1) is 0 Å². The van der Waals surface area contributed by atoms with Gasteiger partial charge in [0.1, 0.15) is 0 Å². The Hall–Kier alpha value is -1.58. The summed E-state index contributed by atoms with van der Waals surface area (Å²) in [5.41, 5.74) is -5.40. The van der Waals surface area contributed by atoms with Crippen molar-refractivity contribution in [2.45, 2.75) is 39.2 Å². The molecule has 1 atom stereocenters. The van der Waals surface area contributed by atoms with Crippen LogP contribution in [-0.4, -0.2) is 4.92 Å². The molecule has 0 aliphatic heterocycles.